The molecule has 0 aliphatic rings. The minimum absolute atomic E-state index is 0.473. The van der Waals surface area contributed by atoms with Crippen LogP contribution in [0.1, 0.15) is 11.1 Å². The van der Waals surface area contributed by atoms with Gasteiger partial charge in [-0.1, -0.05) is 30.3 Å². The first-order valence-corrected chi connectivity index (χ1v) is 4.64. The van der Waals surface area contributed by atoms with Gasteiger partial charge in [0.1, 0.15) is 11.6 Å². The summed E-state index contributed by atoms with van der Waals surface area (Å²) in [6.07, 6.45) is 0.473. The highest BCUT2D eigenvalue weighted by Crippen LogP contribution is 2.14. The van der Waals surface area contributed by atoms with Gasteiger partial charge in [0.2, 0.25) is 0 Å². The average molecular weight is 203 g/mol. The van der Waals surface area contributed by atoms with Gasteiger partial charge in [0, 0.05) is 12.5 Å². The van der Waals surface area contributed by atoms with Crippen molar-refractivity contribution in [2.45, 2.75) is 6.42 Å². The molecule has 0 aliphatic heterocycles. The first-order chi connectivity index (χ1) is 7.25. The first-order valence-electron chi connectivity index (χ1n) is 4.64. The van der Waals surface area contributed by atoms with Crippen molar-refractivity contribution in [3.63, 3.8) is 0 Å². The lowest BCUT2D eigenvalue weighted by Gasteiger charge is -2.03. The monoisotopic (exact) mass is 203 g/mol. The third kappa shape index (κ3) is 2.40. The largest absolute Gasteiger partial charge is 0.207 e. The van der Waals surface area contributed by atoms with E-state index in [2.05, 4.69) is 6.07 Å². The maximum absolute atomic E-state index is 13.3. The fourth-order valence-electron chi connectivity index (χ4n) is 1.42. The third-order valence-corrected chi connectivity index (χ3v) is 2.20. The SMILES string of the molecule is Fc1ccc(Cc2cc[c]cc2)c(F)c1. The highest BCUT2D eigenvalue weighted by atomic mass is 19.1. The van der Waals surface area contributed by atoms with Crippen LogP contribution in [0.25, 0.3) is 0 Å². The Hall–Kier alpha value is -1.70. The Morgan fingerprint density at radius 2 is 1.73 bits per heavy atom. The Labute approximate surface area is 87.2 Å². The van der Waals surface area contributed by atoms with Crippen molar-refractivity contribution in [3.8, 4) is 0 Å². The quantitative estimate of drug-likeness (QED) is 0.702. The van der Waals surface area contributed by atoms with Crippen LogP contribution in [0.2, 0.25) is 0 Å². The molecule has 1 radical (unpaired) electrons. The van der Waals surface area contributed by atoms with Crippen LogP contribution in [0, 0.1) is 17.7 Å². The van der Waals surface area contributed by atoms with Crippen LogP contribution in [-0.4, -0.2) is 0 Å². The second-order valence-electron chi connectivity index (χ2n) is 3.32. The van der Waals surface area contributed by atoms with Gasteiger partial charge >= 0.3 is 0 Å². The second kappa shape index (κ2) is 4.22. The van der Waals surface area contributed by atoms with Crippen molar-refractivity contribution in [3.05, 3.63) is 71.3 Å². The molecule has 15 heavy (non-hydrogen) atoms. The molecule has 2 aromatic rings. The van der Waals surface area contributed by atoms with Crippen molar-refractivity contribution in [2.24, 2.45) is 0 Å². The number of hydrogen-bond acceptors (Lipinski definition) is 0. The standard InChI is InChI=1S/C13H9F2/c14-12-7-6-11(13(15)9-12)8-10-4-2-1-3-5-10/h2-7,9H,8H2. The predicted octanol–water partition coefficient (Wildman–Crippen LogP) is 3.36. The van der Waals surface area contributed by atoms with Crippen LogP contribution in [0.4, 0.5) is 8.78 Å². The summed E-state index contributed by atoms with van der Waals surface area (Å²) >= 11 is 0. The van der Waals surface area contributed by atoms with E-state index in [1.807, 2.05) is 12.1 Å². The van der Waals surface area contributed by atoms with E-state index in [9.17, 15) is 8.78 Å². The fraction of sp³-hybridized carbons (Fsp3) is 0.0769. The van der Waals surface area contributed by atoms with E-state index in [-0.39, 0.29) is 0 Å². The molecular formula is C13H9F2. The van der Waals surface area contributed by atoms with Crippen LogP contribution in [0.5, 0.6) is 0 Å². The molecule has 0 aliphatic carbocycles. The van der Waals surface area contributed by atoms with E-state index in [1.165, 1.54) is 12.1 Å². The molecule has 2 aromatic carbocycles. The van der Waals surface area contributed by atoms with E-state index < -0.39 is 11.6 Å². The molecule has 0 atom stereocenters. The van der Waals surface area contributed by atoms with E-state index in [1.54, 1.807) is 12.1 Å². The molecule has 0 amide bonds. The van der Waals surface area contributed by atoms with E-state index >= 15 is 0 Å². The van der Waals surface area contributed by atoms with E-state index in [4.69, 9.17) is 0 Å². The summed E-state index contributed by atoms with van der Waals surface area (Å²) < 4.78 is 25.9. The van der Waals surface area contributed by atoms with Gasteiger partial charge in [0.15, 0.2) is 0 Å². The van der Waals surface area contributed by atoms with Crippen molar-refractivity contribution in [1.82, 2.24) is 0 Å². The van der Waals surface area contributed by atoms with Crippen LogP contribution >= 0.6 is 0 Å². The summed E-state index contributed by atoms with van der Waals surface area (Å²) in [5.74, 6) is -1.04. The molecule has 0 N–H and O–H groups in total. The van der Waals surface area contributed by atoms with Gasteiger partial charge in [0.05, 0.1) is 0 Å². The smallest absolute Gasteiger partial charge is 0.129 e. The van der Waals surface area contributed by atoms with Crippen LogP contribution < -0.4 is 0 Å². The van der Waals surface area contributed by atoms with Gasteiger partial charge in [-0.05, 0) is 23.3 Å². The molecule has 0 spiro atoms. The summed E-state index contributed by atoms with van der Waals surface area (Å²) in [5, 5.41) is 0. The predicted molar refractivity (Wildman–Crippen MR) is 54.4 cm³/mol. The van der Waals surface area contributed by atoms with E-state index in [0.29, 0.717) is 12.0 Å². The Morgan fingerprint density at radius 3 is 2.40 bits per heavy atom. The number of hydrogen-bond donors (Lipinski definition) is 0. The Kier molecular flexibility index (Phi) is 2.77. The molecule has 0 heterocycles. The van der Waals surface area contributed by atoms with Gasteiger partial charge in [-0.15, -0.1) is 0 Å². The lowest BCUT2D eigenvalue weighted by atomic mass is 10.0. The van der Waals surface area contributed by atoms with Crippen LogP contribution in [0.15, 0.2) is 42.5 Å². The Balaban J connectivity index is 2.25. The topological polar surface area (TPSA) is 0 Å². The lowest BCUT2D eigenvalue weighted by molar-refractivity contribution is 0.574. The molecule has 0 saturated heterocycles. The first kappa shape index (κ1) is 9.84. The van der Waals surface area contributed by atoms with Gasteiger partial charge in [-0.3, -0.25) is 0 Å². The summed E-state index contributed by atoms with van der Waals surface area (Å²) in [4.78, 5) is 0. The highest BCUT2D eigenvalue weighted by molar-refractivity contribution is 5.26. The molecule has 0 aromatic heterocycles. The van der Waals surface area contributed by atoms with Gasteiger partial charge in [-0.25, -0.2) is 8.78 Å². The molecule has 2 heteroatoms. The van der Waals surface area contributed by atoms with Gasteiger partial charge < -0.3 is 0 Å². The Morgan fingerprint density at radius 1 is 1.00 bits per heavy atom. The minimum atomic E-state index is -0.544. The zero-order valence-corrected chi connectivity index (χ0v) is 8.00. The van der Waals surface area contributed by atoms with Crippen molar-refractivity contribution in [1.29, 1.82) is 0 Å². The number of halogens is 2. The molecule has 0 bridgehead atoms. The second-order valence-corrected chi connectivity index (χ2v) is 3.32. The van der Waals surface area contributed by atoms with Gasteiger partial charge in [0.25, 0.3) is 0 Å². The lowest BCUT2D eigenvalue weighted by Crippen LogP contribution is -1.93. The highest BCUT2D eigenvalue weighted by Gasteiger charge is 2.04. The maximum atomic E-state index is 13.3. The third-order valence-electron chi connectivity index (χ3n) is 2.20. The molecular weight excluding hydrogens is 194 g/mol. The molecule has 75 valence electrons. The zero-order chi connectivity index (χ0) is 10.7. The maximum Gasteiger partial charge on any atom is 0.129 e. The number of rotatable bonds is 2. The average Bonchev–Trinajstić information content (AvgIpc) is 2.24. The molecule has 0 unspecified atom stereocenters. The van der Waals surface area contributed by atoms with Crippen molar-refractivity contribution in [2.75, 3.05) is 0 Å². The summed E-state index contributed by atoms with van der Waals surface area (Å²) in [6.45, 7) is 0. The fourth-order valence-corrected chi connectivity index (χ4v) is 1.42. The number of benzene rings is 2. The minimum Gasteiger partial charge on any atom is -0.207 e. The summed E-state index contributed by atoms with van der Waals surface area (Å²) in [7, 11) is 0. The molecule has 0 saturated carbocycles. The van der Waals surface area contributed by atoms with Gasteiger partial charge in [-0.2, -0.15) is 0 Å². The van der Waals surface area contributed by atoms with E-state index in [0.717, 1.165) is 11.6 Å². The molecule has 2 rings (SSSR count). The molecule has 0 nitrogen and oxygen atoms in total. The zero-order valence-electron chi connectivity index (χ0n) is 8.00. The van der Waals surface area contributed by atoms with Crippen LogP contribution in [0.3, 0.4) is 0 Å². The molecule has 0 fully saturated rings. The van der Waals surface area contributed by atoms with Crippen molar-refractivity contribution < 1.29 is 8.78 Å². The normalized spacial score (nSPS) is 10.3. The summed E-state index contributed by atoms with van der Waals surface area (Å²) in [6, 6.07) is 13.8. The van der Waals surface area contributed by atoms with Crippen LogP contribution in [-0.2, 0) is 6.42 Å². The van der Waals surface area contributed by atoms with Crippen molar-refractivity contribution >= 4 is 0 Å². The Bertz CT molecular complexity index is 449. The summed E-state index contributed by atoms with van der Waals surface area (Å²) in [5.41, 5.74) is 1.49.